The van der Waals surface area contributed by atoms with Crippen LogP contribution in [0.25, 0.3) is 0 Å². The lowest BCUT2D eigenvalue weighted by molar-refractivity contribution is 0.266. The zero-order valence-electron chi connectivity index (χ0n) is 9.44. The van der Waals surface area contributed by atoms with Crippen LogP contribution in [0, 0.1) is 0 Å². The van der Waals surface area contributed by atoms with Crippen molar-refractivity contribution in [2.75, 3.05) is 13.1 Å². The van der Waals surface area contributed by atoms with Crippen molar-refractivity contribution in [2.24, 2.45) is 0 Å². The minimum Gasteiger partial charge on any atom is -0.360 e. The molecule has 0 amide bonds. The molecule has 0 bridgehead atoms. The highest BCUT2D eigenvalue weighted by molar-refractivity contribution is 4.93. The molecule has 2 rings (SSSR count). The van der Waals surface area contributed by atoms with E-state index in [9.17, 15) is 0 Å². The topological polar surface area (TPSA) is 41.3 Å². The molecule has 1 aromatic heterocycles. The van der Waals surface area contributed by atoms with Gasteiger partial charge < -0.3 is 9.84 Å². The molecule has 1 unspecified atom stereocenters. The van der Waals surface area contributed by atoms with Gasteiger partial charge in [0.05, 0.1) is 12.7 Å². The van der Waals surface area contributed by atoms with Gasteiger partial charge in [-0.25, -0.2) is 0 Å². The Bertz CT molecular complexity index is 284. The zero-order valence-corrected chi connectivity index (χ0v) is 9.44. The van der Waals surface area contributed by atoms with E-state index in [0.717, 1.165) is 18.8 Å². The Kier molecular flexibility index (Phi) is 3.38. The third kappa shape index (κ3) is 2.79. The van der Waals surface area contributed by atoms with Crippen LogP contribution in [0.5, 0.6) is 0 Å². The first-order valence-corrected chi connectivity index (χ1v) is 5.62. The molecule has 2 heterocycles. The Labute approximate surface area is 90.6 Å². The van der Waals surface area contributed by atoms with E-state index in [1.165, 1.54) is 13.0 Å². The van der Waals surface area contributed by atoms with Crippen molar-refractivity contribution in [3.8, 4) is 0 Å². The van der Waals surface area contributed by atoms with Crippen LogP contribution >= 0.6 is 0 Å². The molecule has 1 aliphatic heterocycles. The average Bonchev–Trinajstić information content (AvgIpc) is 2.86. The standard InChI is InChI=1S/C11H19N3O/c1-9(2)14-6-4-10(8-14)12-7-11-3-5-13-15-11/h3,5,9-10,12H,4,6-8H2,1-2H3. The molecule has 0 saturated carbocycles. The molecule has 0 spiro atoms. The van der Waals surface area contributed by atoms with E-state index in [-0.39, 0.29) is 0 Å². The molecule has 1 aromatic rings. The van der Waals surface area contributed by atoms with Crippen LogP contribution in [-0.2, 0) is 6.54 Å². The monoisotopic (exact) mass is 209 g/mol. The van der Waals surface area contributed by atoms with Crippen molar-refractivity contribution in [1.29, 1.82) is 0 Å². The Morgan fingerprint density at radius 1 is 1.67 bits per heavy atom. The van der Waals surface area contributed by atoms with E-state index in [1.807, 2.05) is 6.07 Å². The second-order valence-corrected chi connectivity index (χ2v) is 4.43. The highest BCUT2D eigenvalue weighted by atomic mass is 16.5. The normalized spacial score (nSPS) is 22.7. The summed E-state index contributed by atoms with van der Waals surface area (Å²) >= 11 is 0. The molecule has 0 aromatic carbocycles. The van der Waals surface area contributed by atoms with Crippen LogP contribution in [0.3, 0.4) is 0 Å². The minimum absolute atomic E-state index is 0.595. The molecule has 4 heteroatoms. The Morgan fingerprint density at radius 3 is 3.13 bits per heavy atom. The number of hydrogen-bond donors (Lipinski definition) is 1. The number of aromatic nitrogens is 1. The highest BCUT2D eigenvalue weighted by Crippen LogP contribution is 2.12. The van der Waals surface area contributed by atoms with Gasteiger partial charge in [0.2, 0.25) is 0 Å². The van der Waals surface area contributed by atoms with Crippen LogP contribution in [0.15, 0.2) is 16.8 Å². The van der Waals surface area contributed by atoms with E-state index in [2.05, 4.69) is 29.2 Å². The van der Waals surface area contributed by atoms with Gasteiger partial charge in [0.15, 0.2) is 0 Å². The lowest BCUT2D eigenvalue weighted by Gasteiger charge is -2.20. The van der Waals surface area contributed by atoms with Gasteiger partial charge in [-0.1, -0.05) is 5.16 Å². The second kappa shape index (κ2) is 4.77. The van der Waals surface area contributed by atoms with Crippen LogP contribution in [0.4, 0.5) is 0 Å². The van der Waals surface area contributed by atoms with Gasteiger partial charge in [-0.15, -0.1) is 0 Å². The molecule has 1 saturated heterocycles. The van der Waals surface area contributed by atoms with Crippen molar-refractivity contribution in [1.82, 2.24) is 15.4 Å². The SMILES string of the molecule is CC(C)N1CCC(NCc2ccno2)C1. The smallest absolute Gasteiger partial charge is 0.150 e. The first kappa shape index (κ1) is 10.6. The van der Waals surface area contributed by atoms with E-state index in [1.54, 1.807) is 6.20 Å². The summed E-state index contributed by atoms with van der Waals surface area (Å²) in [6.07, 6.45) is 2.92. The molecule has 0 radical (unpaired) electrons. The minimum atomic E-state index is 0.595. The quantitative estimate of drug-likeness (QED) is 0.810. The third-order valence-corrected chi connectivity index (χ3v) is 3.01. The summed E-state index contributed by atoms with van der Waals surface area (Å²) in [7, 11) is 0. The average molecular weight is 209 g/mol. The van der Waals surface area contributed by atoms with Crippen molar-refractivity contribution in [2.45, 2.75) is 38.9 Å². The van der Waals surface area contributed by atoms with Crippen molar-refractivity contribution in [3.63, 3.8) is 0 Å². The molecular formula is C11H19N3O. The van der Waals surface area contributed by atoms with Crippen molar-refractivity contribution < 1.29 is 4.52 Å². The summed E-state index contributed by atoms with van der Waals surface area (Å²) in [5.41, 5.74) is 0. The fourth-order valence-corrected chi connectivity index (χ4v) is 2.00. The maximum Gasteiger partial charge on any atom is 0.150 e. The van der Waals surface area contributed by atoms with Crippen LogP contribution < -0.4 is 5.32 Å². The summed E-state index contributed by atoms with van der Waals surface area (Å²) in [6.45, 7) is 7.63. The highest BCUT2D eigenvalue weighted by Gasteiger charge is 2.23. The predicted molar refractivity (Wildman–Crippen MR) is 58.5 cm³/mol. The fourth-order valence-electron chi connectivity index (χ4n) is 2.00. The molecule has 1 N–H and O–H groups in total. The van der Waals surface area contributed by atoms with Gasteiger partial charge in [-0.05, 0) is 26.8 Å². The number of nitrogens with one attached hydrogen (secondary N) is 1. The number of rotatable bonds is 4. The lowest BCUT2D eigenvalue weighted by Crippen LogP contribution is -2.34. The zero-order chi connectivity index (χ0) is 10.7. The summed E-state index contributed by atoms with van der Waals surface area (Å²) in [5.74, 6) is 0.915. The van der Waals surface area contributed by atoms with E-state index < -0.39 is 0 Å². The molecule has 1 fully saturated rings. The maximum absolute atomic E-state index is 5.04. The summed E-state index contributed by atoms with van der Waals surface area (Å²) in [5, 5.41) is 7.18. The Balaban J connectivity index is 1.73. The van der Waals surface area contributed by atoms with Crippen LogP contribution in [-0.4, -0.2) is 35.2 Å². The number of nitrogens with zero attached hydrogens (tertiary/aromatic N) is 2. The molecule has 1 atom stereocenters. The van der Waals surface area contributed by atoms with Gasteiger partial charge in [0.1, 0.15) is 5.76 Å². The molecule has 15 heavy (non-hydrogen) atoms. The number of likely N-dealkylation sites (tertiary alicyclic amines) is 1. The Hall–Kier alpha value is -0.870. The predicted octanol–water partition coefficient (Wildman–Crippen LogP) is 1.25. The van der Waals surface area contributed by atoms with Gasteiger partial charge in [-0.2, -0.15) is 0 Å². The van der Waals surface area contributed by atoms with Gasteiger partial charge in [-0.3, -0.25) is 4.90 Å². The van der Waals surface area contributed by atoms with E-state index in [4.69, 9.17) is 4.52 Å². The fraction of sp³-hybridized carbons (Fsp3) is 0.727. The first-order valence-electron chi connectivity index (χ1n) is 5.62. The largest absolute Gasteiger partial charge is 0.360 e. The van der Waals surface area contributed by atoms with E-state index >= 15 is 0 Å². The second-order valence-electron chi connectivity index (χ2n) is 4.43. The lowest BCUT2D eigenvalue weighted by atomic mass is 10.2. The first-order chi connectivity index (χ1) is 7.25. The third-order valence-electron chi connectivity index (χ3n) is 3.01. The summed E-state index contributed by atoms with van der Waals surface area (Å²) < 4.78 is 5.04. The summed E-state index contributed by atoms with van der Waals surface area (Å²) in [4.78, 5) is 2.50. The molecule has 84 valence electrons. The molecule has 1 aliphatic rings. The van der Waals surface area contributed by atoms with Crippen LogP contribution in [0.2, 0.25) is 0 Å². The van der Waals surface area contributed by atoms with Gasteiger partial charge >= 0.3 is 0 Å². The molecule has 4 nitrogen and oxygen atoms in total. The molecule has 0 aliphatic carbocycles. The molecular weight excluding hydrogens is 190 g/mol. The van der Waals surface area contributed by atoms with Crippen molar-refractivity contribution >= 4 is 0 Å². The van der Waals surface area contributed by atoms with Crippen LogP contribution in [0.1, 0.15) is 26.0 Å². The van der Waals surface area contributed by atoms with Gasteiger partial charge in [0.25, 0.3) is 0 Å². The van der Waals surface area contributed by atoms with Crippen molar-refractivity contribution in [3.05, 3.63) is 18.0 Å². The number of hydrogen-bond acceptors (Lipinski definition) is 4. The maximum atomic E-state index is 5.04. The van der Waals surface area contributed by atoms with E-state index in [0.29, 0.717) is 12.1 Å². The Morgan fingerprint density at radius 2 is 2.53 bits per heavy atom. The van der Waals surface area contributed by atoms with Gasteiger partial charge in [0, 0.05) is 24.7 Å². The summed E-state index contributed by atoms with van der Waals surface area (Å²) in [6, 6.07) is 3.15.